The highest BCUT2D eigenvalue weighted by atomic mass is 32.1. The van der Waals surface area contributed by atoms with Gasteiger partial charge in [-0.15, -0.1) is 11.3 Å². The number of benzene rings is 1. The van der Waals surface area contributed by atoms with Gasteiger partial charge < -0.3 is 0 Å². The number of likely N-dealkylation sites (tertiary alicyclic amines) is 1. The topological polar surface area (TPSA) is 19.4 Å². The van der Waals surface area contributed by atoms with E-state index in [1.165, 1.54) is 18.9 Å². The van der Waals surface area contributed by atoms with E-state index in [4.69, 9.17) is 0 Å². The normalized spacial score (nSPS) is 34.4. The number of piperidine rings is 3. The van der Waals surface area contributed by atoms with Gasteiger partial charge in [0.05, 0.1) is 6.54 Å². The molecule has 2 bridgehead atoms. The van der Waals surface area contributed by atoms with Crippen LogP contribution < -0.4 is 0 Å². The first-order valence-electron chi connectivity index (χ1n) is 9.03. The fourth-order valence-electron chi connectivity index (χ4n) is 5.31. The summed E-state index contributed by atoms with van der Waals surface area (Å²) >= 11 is 1.67. The third-order valence-electron chi connectivity index (χ3n) is 6.30. The highest BCUT2D eigenvalue weighted by Crippen LogP contribution is 2.47. The number of nitrogens with zero attached hydrogens (tertiary/aromatic N) is 3. The molecule has 6 rings (SSSR count). The molecule has 0 N–H and O–H groups in total. The number of hydrogen-bond acceptors (Lipinski definition) is 4. The lowest BCUT2D eigenvalue weighted by atomic mass is 9.75. The van der Waals surface area contributed by atoms with Crippen LogP contribution in [-0.2, 0) is 6.54 Å². The van der Waals surface area contributed by atoms with Gasteiger partial charge in [0.1, 0.15) is 5.01 Å². The second-order valence-electron chi connectivity index (χ2n) is 7.46. The summed E-state index contributed by atoms with van der Waals surface area (Å²) in [6.45, 7) is 3.77. The first-order chi connectivity index (χ1) is 12.2. The summed E-state index contributed by atoms with van der Waals surface area (Å²) in [5.74, 6) is -0.700. The third-order valence-corrected chi connectivity index (χ3v) is 7.06. The lowest BCUT2D eigenvalue weighted by Crippen LogP contribution is -2.60. The van der Waals surface area contributed by atoms with Gasteiger partial charge in [-0.2, -0.15) is 0 Å². The molecule has 0 amide bonds. The fourth-order valence-corrected chi connectivity index (χ4v) is 5.95. The number of rotatable bonds is 3. The van der Waals surface area contributed by atoms with E-state index >= 15 is 0 Å². The van der Waals surface area contributed by atoms with Gasteiger partial charge in [0, 0.05) is 36.1 Å². The Morgan fingerprint density at radius 3 is 2.76 bits per heavy atom. The standard InChI is InChI=1S/C19H21F2N3S/c20-15-3-1-2-13(17(15)21)14-10-24(11-16-22-6-9-25-16)18-12-4-7-23(8-5-12)19(14)18/h1-3,6,9,12,14,18-19H,4-5,7-8,10-11H2/t14-,18+,19+/m0/s1. The van der Waals surface area contributed by atoms with Gasteiger partial charge in [0.2, 0.25) is 0 Å². The summed E-state index contributed by atoms with van der Waals surface area (Å²) in [6, 6.07) is 5.35. The van der Waals surface area contributed by atoms with E-state index in [0.717, 1.165) is 31.2 Å². The molecule has 3 nitrogen and oxygen atoms in total. The predicted octanol–water partition coefficient (Wildman–Crippen LogP) is 3.48. The van der Waals surface area contributed by atoms with E-state index in [0.29, 0.717) is 23.6 Å². The maximum Gasteiger partial charge on any atom is 0.162 e. The molecule has 6 heteroatoms. The molecule has 25 heavy (non-hydrogen) atoms. The lowest BCUT2D eigenvalue weighted by molar-refractivity contribution is -0.00889. The fraction of sp³-hybridized carbons (Fsp3) is 0.526. The van der Waals surface area contributed by atoms with E-state index < -0.39 is 11.6 Å². The molecular weight excluding hydrogens is 340 g/mol. The van der Waals surface area contributed by atoms with Gasteiger partial charge in [-0.3, -0.25) is 9.80 Å². The molecule has 0 radical (unpaired) electrons. The van der Waals surface area contributed by atoms with Crippen LogP contribution in [0.25, 0.3) is 0 Å². The van der Waals surface area contributed by atoms with Crippen molar-refractivity contribution in [2.75, 3.05) is 19.6 Å². The molecule has 3 atom stereocenters. The van der Waals surface area contributed by atoms with Crippen molar-refractivity contribution in [3.63, 3.8) is 0 Å². The Morgan fingerprint density at radius 1 is 1.16 bits per heavy atom. The van der Waals surface area contributed by atoms with E-state index in [1.807, 2.05) is 11.6 Å². The Kier molecular flexibility index (Phi) is 3.87. The molecule has 4 aliphatic heterocycles. The van der Waals surface area contributed by atoms with Gasteiger partial charge in [-0.05, 0) is 43.5 Å². The predicted molar refractivity (Wildman–Crippen MR) is 93.5 cm³/mol. The first kappa shape index (κ1) is 15.9. The highest BCUT2D eigenvalue weighted by molar-refractivity contribution is 7.09. The van der Waals surface area contributed by atoms with Crippen molar-refractivity contribution in [1.29, 1.82) is 0 Å². The van der Waals surface area contributed by atoms with Crippen molar-refractivity contribution >= 4 is 11.3 Å². The average Bonchev–Trinajstić information content (AvgIpc) is 3.28. The summed E-state index contributed by atoms with van der Waals surface area (Å²) in [5.41, 5.74) is 0.546. The second-order valence-corrected chi connectivity index (χ2v) is 8.44. The SMILES string of the molecule is Fc1cccc([C@@H]2CN(Cc3nccs3)[C@@H]3C4CCN(CC4)[C@@H]32)c1F. The van der Waals surface area contributed by atoms with Crippen LogP contribution in [-0.4, -0.2) is 46.5 Å². The molecule has 5 heterocycles. The molecule has 0 saturated carbocycles. The summed E-state index contributed by atoms with van der Waals surface area (Å²) in [4.78, 5) is 9.43. The molecule has 0 spiro atoms. The second kappa shape index (κ2) is 6.11. The molecule has 132 valence electrons. The number of thiazole rings is 1. The van der Waals surface area contributed by atoms with Crippen molar-refractivity contribution in [3.05, 3.63) is 52.0 Å². The minimum Gasteiger partial charge on any atom is -0.298 e. The minimum absolute atomic E-state index is 0.0313. The smallest absolute Gasteiger partial charge is 0.162 e. The number of fused-ring (bicyclic) bond motifs is 2. The average molecular weight is 361 g/mol. The Bertz CT molecular complexity index is 758. The van der Waals surface area contributed by atoms with Crippen LogP contribution >= 0.6 is 11.3 Å². The van der Waals surface area contributed by atoms with Gasteiger partial charge in [0.15, 0.2) is 11.6 Å². The molecule has 0 aliphatic carbocycles. The summed E-state index contributed by atoms with van der Waals surface area (Å²) < 4.78 is 28.4. The van der Waals surface area contributed by atoms with Crippen LogP contribution in [0.1, 0.15) is 29.3 Å². The number of halogens is 2. The molecule has 0 unspecified atom stereocenters. The zero-order chi connectivity index (χ0) is 17.0. The van der Waals surface area contributed by atoms with E-state index in [1.54, 1.807) is 23.5 Å². The van der Waals surface area contributed by atoms with E-state index in [9.17, 15) is 8.78 Å². The Balaban J connectivity index is 1.52. The quantitative estimate of drug-likeness (QED) is 0.834. The summed E-state index contributed by atoms with van der Waals surface area (Å²) in [6.07, 6.45) is 4.27. The Hall–Kier alpha value is -1.37. The zero-order valence-electron chi connectivity index (χ0n) is 13.9. The van der Waals surface area contributed by atoms with Crippen LogP contribution in [0.2, 0.25) is 0 Å². The molecule has 4 saturated heterocycles. The third kappa shape index (κ3) is 2.54. The largest absolute Gasteiger partial charge is 0.298 e. The maximum absolute atomic E-state index is 14.5. The van der Waals surface area contributed by atoms with Gasteiger partial charge in [0.25, 0.3) is 0 Å². The molecule has 4 fully saturated rings. The van der Waals surface area contributed by atoms with Crippen LogP contribution in [0.4, 0.5) is 8.78 Å². The van der Waals surface area contributed by atoms with Gasteiger partial charge in [-0.25, -0.2) is 13.8 Å². The molecule has 1 aromatic carbocycles. The highest BCUT2D eigenvalue weighted by Gasteiger charge is 2.53. The molecule has 1 aromatic heterocycles. The van der Waals surface area contributed by atoms with Gasteiger partial charge >= 0.3 is 0 Å². The minimum atomic E-state index is -0.733. The first-order valence-corrected chi connectivity index (χ1v) is 9.90. The van der Waals surface area contributed by atoms with E-state index in [2.05, 4.69) is 14.8 Å². The van der Waals surface area contributed by atoms with Crippen molar-refractivity contribution in [2.45, 2.75) is 37.4 Å². The van der Waals surface area contributed by atoms with Crippen molar-refractivity contribution < 1.29 is 8.78 Å². The van der Waals surface area contributed by atoms with Crippen molar-refractivity contribution in [3.8, 4) is 0 Å². The molecular formula is C19H21F2N3S. The summed E-state index contributed by atoms with van der Waals surface area (Å²) in [7, 11) is 0. The van der Waals surface area contributed by atoms with E-state index in [-0.39, 0.29) is 5.92 Å². The van der Waals surface area contributed by atoms with Crippen molar-refractivity contribution in [2.24, 2.45) is 5.92 Å². The van der Waals surface area contributed by atoms with Crippen LogP contribution in [0.3, 0.4) is 0 Å². The molecule has 2 aromatic rings. The number of aromatic nitrogens is 1. The number of hydrogen-bond donors (Lipinski definition) is 0. The van der Waals surface area contributed by atoms with Crippen LogP contribution in [0, 0.1) is 17.6 Å². The van der Waals surface area contributed by atoms with Crippen molar-refractivity contribution in [1.82, 2.24) is 14.8 Å². The Morgan fingerprint density at radius 2 is 2.00 bits per heavy atom. The van der Waals surface area contributed by atoms with Crippen LogP contribution in [0.5, 0.6) is 0 Å². The molecule has 4 aliphatic rings. The monoisotopic (exact) mass is 361 g/mol. The van der Waals surface area contributed by atoms with Crippen LogP contribution in [0.15, 0.2) is 29.8 Å². The zero-order valence-corrected chi connectivity index (χ0v) is 14.8. The summed E-state index contributed by atoms with van der Waals surface area (Å²) in [5, 5.41) is 3.11. The van der Waals surface area contributed by atoms with Gasteiger partial charge in [-0.1, -0.05) is 12.1 Å². The lowest BCUT2D eigenvalue weighted by Gasteiger charge is -2.51. The Labute approximate surface area is 150 Å². The maximum atomic E-state index is 14.5.